The van der Waals surface area contributed by atoms with E-state index in [1.807, 2.05) is 0 Å². The van der Waals surface area contributed by atoms with E-state index in [2.05, 4.69) is 42.2 Å². The number of fused-ring (bicyclic) bond motifs is 1. The lowest BCUT2D eigenvalue weighted by Crippen LogP contribution is -2.27. The van der Waals surface area contributed by atoms with Gasteiger partial charge in [-0.1, -0.05) is 30.3 Å². The molecule has 2 aliphatic heterocycles. The van der Waals surface area contributed by atoms with E-state index in [0.717, 1.165) is 6.04 Å². The van der Waals surface area contributed by atoms with Crippen molar-refractivity contribution in [2.24, 2.45) is 0 Å². The molecule has 3 unspecified atom stereocenters. The van der Waals surface area contributed by atoms with Crippen LogP contribution in [0, 0.1) is 0 Å². The van der Waals surface area contributed by atoms with Crippen molar-refractivity contribution in [3.05, 3.63) is 35.9 Å². The Bertz CT molecular complexity index is 319. The standard InChI is InChI=1S/C12H15N/c1-12(8-7-11-9-13(11)12)10-5-3-2-4-6-10/h2-6,11H,7-9H2,1H3. The predicted octanol–water partition coefficient (Wildman–Crippen LogP) is 2.38. The van der Waals surface area contributed by atoms with Crippen molar-refractivity contribution in [1.82, 2.24) is 4.90 Å². The first-order valence-electron chi connectivity index (χ1n) is 5.13. The Kier molecular flexibility index (Phi) is 1.37. The van der Waals surface area contributed by atoms with Crippen LogP contribution in [0.25, 0.3) is 0 Å². The molecule has 0 spiro atoms. The van der Waals surface area contributed by atoms with Gasteiger partial charge in [-0.2, -0.15) is 0 Å². The van der Waals surface area contributed by atoms with E-state index >= 15 is 0 Å². The van der Waals surface area contributed by atoms with Gasteiger partial charge >= 0.3 is 0 Å². The lowest BCUT2D eigenvalue weighted by Gasteiger charge is -2.28. The van der Waals surface area contributed by atoms with E-state index in [9.17, 15) is 0 Å². The molecule has 0 aromatic heterocycles. The third kappa shape index (κ3) is 0.969. The Morgan fingerprint density at radius 3 is 2.62 bits per heavy atom. The van der Waals surface area contributed by atoms with Gasteiger partial charge in [-0.3, -0.25) is 4.90 Å². The summed E-state index contributed by atoms with van der Waals surface area (Å²) >= 11 is 0. The first-order chi connectivity index (χ1) is 6.31. The van der Waals surface area contributed by atoms with Crippen LogP contribution in [0.3, 0.4) is 0 Å². The average Bonchev–Trinajstić information content (AvgIpc) is 2.90. The van der Waals surface area contributed by atoms with Gasteiger partial charge < -0.3 is 0 Å². The minimum absolute atomic E-state index is 0.353. The monoisotopic (exact) mass is 173 g/mol. The smallest absolute Gasteiger partial charge is 0.0437 e. The summed E-state index contributed by atoms with van der Waals surface area (Å²) < 4.78 is 0. The maximum atomic E-state index is 2.63. The molecule has 0 radical (unpaired) electrons. The van der Waals surface area contributed by atoms with Crippen LogP contribution in [0.2, 0.25) is 0 Å². The summed E-state index contributed by atoms with van der Waals surface area (Å²) in [6, 6.07) is 11.8. The number of rotatable bonds is 1. The highest BCUT2D eigenvalue weighted by Crippen LogP contribution is 2.49. The Balaban J connectivity index is 2.00. The number of nitrogens with zero attached hydrogens (tertiary/aromatic N) is 1. The number of benzene rings is 1. The molecule has 3 rings (SSSR count). The molecule has 1 aromatic carbocycles. The molecule has 0 amide bonds. The molecular formula is C12H15N. The topological polar surface area (TPSA) is 3.01 Å². The van der Waals surface area contributed by atoms with Crippen molar-refractivity contribution >= 4 is 0 Å². The average molecular weight is 173 g/mol. The molecule has 0 saturated carbocycles. The quantitative estimate of drug-likeness (QED) is 0.589. The van der Waals surface area contributed by atoms with Gasteiger partial charge in [0.15, 0.2) is 0 Å². The molecule has 68 valence electrons. The Labute approximate surface area is 79.4 Å². The Hall–Kier alpha value is -0.820. The second-order valence-corrected chi connectivity index (χ2v) is 4.48. The molecule has 2 aliphatic rings. The number of hydrogen-bond donors (Lipinski definition) is 0. The minimum Gasteiger partial charge on any atom is -0.288 e. The molecule has 1 heteroatoms. The highest BCUT2D eigenvalue weighted by molar-refractivity contribution is 5.28. The van der Waals surface area contributed by atoms with Crippen molar-refractivity contribution in [2.45, 2.75) is 31.3 Å². The summed E-state index contributed by atoms with van der Waals surface area (Å²) in [4.78, 5) is 2.63. The van der Waals surface area contributed by atoms with E-state index in [4.69, 9.17) is 0 Å². The number of piperidine rings is 1. The summed E-state index contributed by atoms with van der Waals surface area (Å²) in [5.41, 5.74) is 1.85. The van der Waals surface area contributed by atoms with E-state index in [1.165, 1.54) is 24.9 Å². The third-order valence-electron chi connectivity index (χ3n) is 3.71. The van der Waals surface area contributed by atoms with Crippen LogP contribution in [0.4, 0.5) is 0 Å². The van der Waals surface area contributed by atoms with Gasteiger partial charge in [-0.15, -0.1) is 0 Å². The third-order valence-corrected chi connectivity index (χ3v) is 3.71. The minimum atomic E-state index is 0.353. The summed E-state index contributed by atoms with van der Waals surface area (Å²) in [5.74, 6) is 0. The van der Waals surface area contributed by atoms with Gasteiger partial charge in [-0.05, 0) is 25.3 Å². The molecule has 1 nitrogen and oxygen atoms in total. The fraction of sp³-hybridized carbons (Fsp3) is 0.500. The van der Waals surface area contributed by atoms with Crippen LogP contribution in [0.15, 0.2) is 30.3 Å². The summed E-state index contributed by atoms with van der Waals surface area (Å²) in [6.07, 6.45) is 2.73. The maximum absolute atomic E-state index is 2.63. The van der Waals surface area contributed by atoms with Crippen LogP contribution < -0.4 is 0 Å². The van der Waals surface area contributed by atoms with Crippen LogP contribution in [-0.4, -0.2) is 17.5 Å². The van der Waals surface area contributed by atoms with Gasteiger partial charge in [0.25, 0.3) is 0 Å². The predicted molar refractivity (Wildman–Crippen MR) is 53.5 cm³/mol. The fourth-order valence-corrected chi connectivity index (χ4v) is 2.73. The molecule has 0 N–H and O–H groups in total. The van der Waals surface area contributed by atoms with Crippen molar-refractivity contribution in [3.8, 4) is 0 Å². The van der Waals surface area contributed by atoms with Crippen molar-refractivity contribution in [3.63, 3.8) is 0 Å². The molecule has 3 atom stereocenters. The summed E-state index contributed by atoms with van der Waals surface area (Å²) in [6.45, 7) is 3.71. The molecule has 2 saturated heterocycles. The zero-order valence-electron chi connectivity index (χ0n) is 8.03. The summed E-state index contributed by atoms with van der Waals surface area (Å²) in [5, 5.41) is 0. The van der Waals surface area contributed by atoms with Crippen molar-refractivity contribution in [1.29, 1.82) is 0 Å². The summed E-state index contributed by atoms with van der Waals surface area (Å²) in [7, 11) is 0. The molecule has 2 fully saturated rings. The van der Waals surface area contributed by atoms with Crippen LogP contribution >= 0.6 is 0 Å². The highest BCUT2D eigenvalue weighted by atomic mass is 15.4. The molecule has 0 aliphatic carbocycles. The highest BCUT2D eigenvalue weighted by Gasteiger charge is 2.53. The van der Waals surface area contributed by atoms with Crippen molar-refractivity contribution in [2.75, 3.05) is 6.54 Å². The van der Waals surface area contributed by atoms with E-state index in [0.29, 0.717) is 5.54 Å². The molecule has 1 aromatic rings. The van der Waals surface area contributed by atoms with Crippen LogP contribution in [0.1, 0.15) is 25.3 Å². The van der Waals surface area contributed by atoms with Crippen LogP contribution in [0.5, 0.6) is 0 Å². The number of hydrogen-bond acceptors (Lipinski definition) is 1. The van der Waals surface area contributed by atoms with Gasteiger partial charge in [0.1, 0.15) is 0 Å². The first kappa shape index (κ1) is 7.57. The first-order valence-corrected chi connectivity index (χ1v) is 5.13. The zero-order chi connectivity index (χ0) is 8.89. The van der Waals surface area contributed by atoms with E-state index in [-0.39, 0.29) is 0 Å². The van der Waals surface area contributed by atoms with E-state index < -0.39 is 0 Å². The Morgan fingerprint density at radius 1 is 1.31 bits per heavy atom. The largest absolute Gasteiger partial charge is 0.288 e. The second-order valence-electron chi connectivity index (χ2n) is 4.48. The van der Waals surface area contributed by atoms with Crippen LogP contribution in [-0.2, 0) is 5.54 Å². The van der Waals surface area contributed by atoms with Gasteiger partial charge in [0, 0.05) is 18.1 Å². The molecule has 13 heavy (non-hydrogen) atoms. The Morgan fingerprint density at radius 2 is 2.08 bits per heavy atom. The van der Waals surface area contributed by atoms with Gasteiger partial charge in [0.05, 0.1) is 0 Å². The molecular weight excluding hydrogens is 158 g/mol. The molecule has 0 bridgehead atoms. The zero-order valence-corrected chi connectivity index (χ0v) is 8.03. The maximum Gasteiger partial charge on any atom is 0.0437 e. The SMILES string of the molecule is CC1(c2ccccc2)CCC2CN21. The fourth-order valence-electron chi connectivity index (χ4n) is 2.73. The lowest BCUT2D eigenvalue weighted by molar-refractivity contribution is 0.279. The van der Waals surface area contributed by atoms with Crippen molar-refractivity contribution < 1.29 is 0 Å². The van der Waals surface area contributed by atoms with Gasteiger partial charge in [-0.25, -0.2) is 0 Å². The van der Waals surface area contributed by atoms with E-state index in [1.54, 1.807) is 0 Å². The lowest BCUT2D eigenvalue weighted by atomic mass is 9.89. The van der Waals surface area contributed by atoms with Gasteiger partial charge in [0.2, 0.25) is 0 Å². The molecule has 2 heterocycles. The normalized spacial score (nSPS) is 41.6. The second kappa shape index (κ2) is 2.36.